The first-order chi connectivity index (χ1) is 7.30. The Bertz CT molecular complexity index is 394. The average Bonchev–Trinajstić information content (AvgIpc) is 2.07. The fourth-order valence-electron chi connectivity index (χ4n) is 2.11. The lowest BCUT2D eigenvalue weighted by Crippen LogP contribution is -2.19. The van der Waals surface area contributed by atoms with Gasteiger partial charge in [-0.05, 0) is 48.9 Å². The third kappa shape index (κ3) is 3.76. The van der Waals surface area contributed by atoms with Crippen LogP contribution in [0.15, 0.2) is 18.2 Å². The Kier molecular flexibility index (Phi) is 3.84. The molecule has 0 heterocycles. The number of hydrogen-bond acceptors (Lipinski definition) is 1. The van der Waals surface area contributed by atoms with Crippen LogP contribution in [-0.2, 0) is 11.2 Å². The molecule has 0 unspecified atom stereocenters. The van der Waals surface area contributed by atoms with Gasteiger partial charge in [-0.2, -0.15) is 0 Å². The first-order valence-electron chi connectivity index (χ1n) is 5.55. The van der Waals surface area contributed by atoms with Crippen LogP contribution in [0.1, 0.15) is 38.3 Å². The molecular weight excluding hydrogens is 203 g/mol. The Morgan fingerprint density at radius 2 is 2.00 bits per heavy atom. The Balaban J connectivity index is 2.83. The van der Waals surface area contributed by atoms with Crippen molar-refractivity contribution in [3.05, 3.63) is 35.1 Å². The van der Waals surface area contributed by atoms with Crippen molar-refractivity contribution in [2.75, 3.05) is 0 Å². The minimum atomic E-state index is -0.203. The highest BCUT2D eigenvalue weighted by Gasteiger charge is 2.21. The summed E-state index contributed by atoms with van der Waals surface area (Å²) in [5, 5.41) is 0. The lowest BCUT2D eigenvalue weighted by atomic mass is 9.80. The van der Waals surface area contributed by atoms with Gasteiger partial charge in [0.15, 0.2) is 0 Å². The molecule has 0 radical (unpaired) electrons. The van der Waals surface area contributed by atoms with E-state index in [0.717, 1.165) is 17.5 Å². The molecule has 0 saturated carbocycles. The Labute approximate surface area is 96.7 Å². The zero-order chi connectivity index (χ0) is 12.3. The normalized spacial score (nSPS) is 11.6. The van der Waals surface area contributed by atoms with Crippen molar-refractivity contribution in [3.63, 3.8) is 0 Å². The van der Waals surface area contributed by atoms with E-state index < -0.39 is 0 Å². The molecule has 0 aromatic heterocycles. The van der Waals surface area contributed by atoms with Gasteiger partial charge in [0.05, 0.1) is 0 Å². The van der Waals surface area contributed by atoms with Crippen LogP contribution in [0, 0.1) is 18.2 Å². The molecule has 0 saturated heterocycles. The molecule has 0 N–H and O–H groups in total. The van der Waals surface area contributed by atoms with Crippen LogP contribution in [0.25, 0.3) is 0 Å². The van der Waals surface area contributed by atoms with Crippen molar-refractivity contribution in [1.29, 1.82) is 0 Å². The molecule has 2 heteroatoms. The molecule has 0 aliphatic rings. The van der Waals surface area contributed by atoms with Crippen LogP contribution in [0.2, 0.25) is 0 Å². The molecule has 1 rings (SSSR count). The number of hydrogen-bond donors (Lipinski definition) is 0. The Morgan fingerprint density at radius 3 is 2.50 bits per heavy atom. The van der Waals surface area contributed by atoms with Crippen molar-refractivity contribution in [3.8, 4) is 0 Å². The highest BCUT2D eigenvalue weighted by Crippen LogP contribution is 2.27. The van der Waals surface area contributed by atoms with Gasteiger partial charge < -0.3 is 4.79 Å². The summed E-state index contributed by atoms with van der Waals surface area (Å²) in [4.78, 5) is 11.1. The fourth-order valence-corrected chi connectivity index (χ4v) is 2.11. The number of carbonyl (C=O) groups is 1. The second-order valence-corrected chi connectivity index (χ2v) is 5.29. The second-order valence-electron chi connectivity index (χ2n) is 5.29. The van der Waals surface area contributed by atoms with Gasteiger partial charge in [0.25, 0.3) is 0 Å². The van der Waals surface area contributed by atoms with E-state index in [2.05, 4.69) is 13.8 Å². The molecule has 0 amide bonds. The predicted octanol–water partition coefficient (Wildman–Crippen LogP) is 3.68. The molecule has 0 fully saturated rings. The summed E-state index contributed by atoms with van der Waals surface area (Å²) in [6.45, 7) is 7.65. The number of carbonyl (C=O) groups excluding carboxylic acids is 1. The maximum Gasteiger partial charge on any atom is 0.130 e. The van der Waals surface area contributed by atoms with Crippen LogP contribution in [0.4, 0.5) is 4.39 Å². The first-order valence-corrected chi connectivity index (χ1v) is 5.55. The molecular formula is C14H19FO. The second kappa shape index (κ2) is 4.77. The molecule has 0 aliphatic carbocycles. The molecule has 0 aliphatic heterocycles. The maximum absolute atomic E-state index is 12.9. The Morgan fingerprint density at radius 1 is 1.38 bits per heavy atom. The first kappa shape index (κ1) is 12.9. The molecule has 1 aromatic rings. The van der Waals surface area contributed by atoms with Crippen LogP contribution in [0.3, 0.4) is 0 Å². The lowest BCUT2D eigenvalue weighted by molar-refractivity contribution is -0.118. The lowest BCUT2D eigenvalue weighted by Gasteiger charge is -2.24. The van der Waals surface area contributed by atoms with Gasteiger partial charge in [0.1, 0.15) is 11.6 Å². The molecule has 16 heavy (non-hydrogen) atoms. The topological polar surface area (TPSA) is 17.1 Å². The highest BCUT2D eigenvalue weighted by atomic mass is 19.1. The van der Waals surface area contributed by atoms with Gasteiger partial charge in [0, 0.05) is 6.42 Å². The molecule has 0 bridgehead atoms. The fraction of sp³-hybridized carbons (Fsp3) is 0.500. The largest absolute Gasteiger partial charge is 0.300 e. The van der Waals surface area contributed by atoms with E-state index in [1.165, 1.54) is 6.07 Å². The predicted molar refractivity (Wildman–Crippen MR) is 63.9 cm³/mol. The van der Waals surface area contributed by atoms with Gasteiger partial charge in [-0.15, -0.1) is 0 Å². The van der Waals surface area contributed by atoms with Crippen molar-refractivity contribution >= 4 is 5.78 Å². The molecule has 0 atom stereocenters. The van der Waals surface area contributed by atoms with Crippen molar-refractivity contribution in [2.45, 2.75) is 40.5 Å². The summed E-state index contributed by atoms with van der Waals surface area (Å²) in [6.07, 6.45) is 1.36. The van der Waals surface area contributed by atoms with E-state index in [-0.39, 0.29) is 17.0 Å². The summed E-state index contributed by atoms with van der Waals surface area (Å²) in [6, 6.07) is 4.83. The van der Waals surface area contributed by atoms with Crippen LogP contribution in [0.5, 0.6) is 0 Å². The van der Waals surface area contributed by atoms with Crippen molar-refractivity contribution in [1.82, 2.24) is 0 Å². The number of benzene rings is 1. The highest BCUT2D eigenvalue weighted by molar-refractivity contribution is 5.76. The van der Waals surface area contributed by atoms with E-state index >= 15 is 0 Å². The van der Waals surface area contributed by atoms with Gasteiger partial charge in [-0.3, -0.25) is 0 Å². The molecule has 0 spiro atoms. The van der Waals surface area contributed by atoms with Crippen LogP contribution >= 0.6 is 0 Å². The van der Waals surface area contributed by atoms with E-state index in [9.17, 15) is 9.18 Å². The molecule has 1 nitrogen and oxygen atoms in total. The number of Topliss-reactive ketones (excluding diaryl/α,β-unsaturated/α-hetero) is 1. The number of ketones is 1. The quantitative estimate of drug-likeness (QED) is 0.759. The van der Waals surface area contributed by atoms with E-state index in [1.807, 2.05) is 13.0 Å². The minimum absolute atomic E-state index is 0.0611. The molecule has 1 aromatic carbocycles. The third-order valence-electron chi connectivity index (χ3n) is 2.70. The van der Waals surface area contributed by atoms with Gasteiger partial charge in [-0.25, -0.2) is 4.39 Å². The van der Waals surface area contributed by atoms with E-state index in [1.54, 1.807) is 13.0 Å². The van der Waals surface area contributed by atoms with Crippen molar-refractivity contribution < 1.29 is 9.18 Å². The summed E-state index contributed by atoms with van der Waals surface area (Å²) in [7, 11) is 0. The van der Waals surface area contributed by atoms with Crippen molar-refractivity contribution in [2.24, 2.45) is 5.41 Å². The summed E-state index contributed by atoms with van der Waals surface area (Å²) in [5.41, 5.74) is 2.01. The SMILES string of the molecule is CC(=O)CC(C)(C)Cc1ccc(F)cc1C. The van der Waals surface area contributed by atoms with E-state index in [0.29, 0.717) is 6.42 Å². The Hall–Kier alpha value is -1.18. The zero-order valence-electron chi connectivity index (χ0n) is 10.4. The third-order valence-corrected chi connectivity index (χ3v) is 2.70. The molecule has 88 valence electrons. The monoisotopic (exact) mass is 222 g/mol. The summed E-state index contributed by atoms with van der Waals surface area (Å²) >= 11 is 0. The van der Waals surface area contributed by atoms with Gasteiger partial charge >= 0.3 is 0 Å². The standard InChI is InChI=1S/C14H19FO/c1-10-7-13(15)6-5-12(10)9-14(3,4)8-11(2)16/h5-7H,8-9H2,1-4H3. The smallest absolute Gasteiger partial charge is 0.130 e. The average molecular weight is 222 g/mol. The van der Waals surface area contributed by atoms with Gasteiger partial charge in [-0.1, -0.05) is 19.9 Å². The summed E-state index contributed by atoms with van der Waals surface area (Å²) in [5.74, 6) is -0.00427. The number of aryl methyl sites for hydroxylation is 1. The number of halogens is 1. The van der Waals surface area contributed by atoms with Crippen LogP contribution < -0.4 is 0 Å². The summed E-state index contributed by atoms with van der Waals surface area (Å²) < 4.78 is 12.9. The van der Waals surface area contributed by atoms with Crippen LogP contribution in [-0.4, -0.2) is 5.78 Å². The van der Waals surface area contributed by atoms with Gasteiger partial charge in [0.2, 0.25) is 0 Å². The maximum atomic E-state index is 12.9. The van der Waals surface area contributed by atoms with E-state index in [4.69, 9.17) is 0 Å². The zero-order valence-corrected chi connectivity index (χ0v) is 10.4. The number of rotatable bonds is 4. The minimum Gasteiger partial charge on any atom is -0.300 e.